The molecule has 28 heavy (non-hydrogen) atoms. The van der Waals surface area contributed by atoms with E-state index in [2.05, 4.69) is 29.1 Å². The molecular weight excluding hydrogens is 394 g/mol. The summed E-state index contributed by atoms with van der Waals surface area (Å²) in [5.74, 6) is 2.29. The van der Waals surface area contributed by atoms with Gasteiger partial charge < -0.3 is 14.8 Å². The molecule has 0 spiro atoms. The molecule has 0 atom stereocenters. The van der Waals surface area contributed by atoms with Gasteiger partial charge in [0, 0.05) is 28.4 Å². The molecule has 1 aromatic carbocycles. The second-order valence-corrected chi connectivity index (χ2v) is 8.76. The molecule has 0 fully saturated rings. The Bertz CT molecular complexity index is 1050. The molecule has 1 amide bonds. The Balaban J connectivity index is 1.47. The van der Waals surface area contributed by atoms with Gasteiger partial charge >= 0.3 is 0 Å². The van der Waals surface area contributed by atoms with Gasteiger partial charge in [-0.15, -0.1) is 11.3 Å². The van der Waals surface area contributed by atoms with Crippen molar-refractivity contribution in [3.63, 3.8) is 0 Å². The van der Waals surface area contributed by atoms with Gasteiger partial charge in [0.25, 0.3) is 0 Å². The van der Waals surface area contributed by atoms with E-state index in [9.17, 15) is 4.79 Å². The van der Waals surface area contributed by atoms with E-state index in [-0.39, 0.29) is 11.7 Å². The van der Waals surface area contributed by atoms with Gasteiger partial charge in [-0.3, -0.25) is 4.79 Å². The maximum absolute atomic E-state index is 12.5. The lowest BCUT2D eigenvalue weighted by Crippen LogP contribution is -2.14. The fraction of sp³-hybridized carbons (Fsp3) is 0.350. The molecular formula is C20H21N3O3S2. The Morgan fingerprint density at radius 3 is 2.79 bits per heavy atom. The van der Waals surface area contributed by atoms with Crippen LogP contribution in [0, 0.1) is 20.8 Å². The number of hydrogen-bond donors (Lipinski definition) is 1. The highest BCUT2D eigenvalue weighted by molar-refractivity contribution is 8.00. The maximum Gasteiger partial charge on any atom is 0.234 e. The topological polar surface area (TPSA) is 73.3 Å². The van der Waals surface area contributed by atoms with Crippen molar-refractivity contribution in [2.75, 3.05) is 24.3 Å². The average Bonchev–Trinajstić information content (AvgIpc) is 2.83. The summed E-state index contributed by atoms with van der Waals surface area (Å²) < 4.78 is 11.3. The molecule has 3 aromatic rings. The van der Waals surface area contributed by atoms with Gasteiger partial charge in [-0.05, 0) is 38.5 Å². The molecule has 0 radical (unpaired) electrons. The van der Waals surface area contributed by atoms with Crippen LogP contribution in [-0.2, 0) is 4.79 Å². The third-order valence-electron chi connectivity index (χ3n) is 4.48. The molecule has 6 nitrogen and oxygen atoms in total. The van der Waals surface area contributed by atoms with Crippen molar-refractivity contribution >= 4 is 44.9 Å². The first-order valence-electron chi connectivity index (χ1n) is 9.08. The molecule has 1 aliphatic heterocycles. The fourth-order valence-electron chi connectivity index (χ4n) is 2.99. The zero-order chi connectivity index (χ0) is 19.7. The first-order chi connectivity index (χ1) is 13.5. The number of thioether (sulfide) groups is 1. The highest BCUT2D eigenvalue weighted by Crippen LogP contribution is 2.35. The minimum Gasteiger partial charge on any atom is -0.490 e. The van der Waals surface area contributed by atoms with Crippen LogP contribution in [0.3, 0.4) is 0 Å². The van der Waals surface area contributed by atoms with Crippen LogP contribution in [0.1, 0.15) is 22.7 Å². The van der Waals surface area contributed by atoms with Gasteiger partial charge in [0.15, 0.2) is 11.5 Å². The molecule has 2 aromatic heterocycles. The van der Waals surface area contributed by atoms with Crippen molar-refractivity contribution in [2.45, 2.75) is 32.2 Å². The van der Waals surface area contributed by atoms with Crippen LogP contribution in [0.25, 0.3) is 10.2 Å². The Hall–Kier alpha value is -2.32. The summed E-state index contributed by atoms with van der Waals surface area (Å²) in [6.07, 6.45) is 0.849. The number of carbonyl (C=O) groups excluding carboxylic acids is 1. The minimum absolute atomic E-state index is 0.0893. The van der Waals surface area contributed by atoms with Crippen molar-refractivity contribution < 1.29 is 14.3 Å². The summed E-state index contributed by atoms with van der Waals surface area (Å²) in [6.45, 7) is 7.30. The van der Waals surface area contributed by atoms with Gasteiger partial charge in [-0.1, -0.05) is 11.8 Å². The van der Waals surface area contributed by atoms with Crippen molar-refractivity contribution in [1.82, 2.24) is 9.97 Å². The predicted molar refractivity (Wildman–Crippen MR) is 113 cm³/mol. The largest absolute Gasteiger partial charge is 0.490 e. The number of ether oxygens (including phenoxy) is 2. The molecule has 3 heterocycles. The third kappa shape index (κ3) is 3.93. The van der Waals surface area contributed by atoms with Crippen LogP contribution in [-0.4, -0.2) is 34.8 Å². The Morgan fingerprint density at radius 1 is 1.18 bits per heavy atom. The summed E-state index contributed by atoms with van der Waals surface area (Å²) in [4.78, 5) is 23.8. The second-order valence-electron chi connectivity index (χ2n) is 6.59. The van der Waals surface area contributed by atoms with E-state index in [1.807, 2.05) is 25.1 Å². The number of thiophene rings is 1. The van der Waals surface area contributed by atoms with E-state index in [0.29, 0.717) is 30.4 Å². The molecule has 0 saturated carbocycles. The maximum atomic E-state index is 12.5. The number of rotatable bonds is 4. The van der Waals surface area contributed by atoms with Gasteiger partial charge in [0.1, 0.15) is 15.7 Å². The van der Waals surface area contributed by atoms with Crippen LogP contribution in [0.5, 0.6) is 11.5 Å². The Kier molecular flexibility index (Phi) is 5.41. The minimum atomic E-state index is -0.0893. The van der Waals surface area contributed by atoms with Crippen molar-refractivity contribution in [2.24, 2.45) is 0 Å². The lowest BCUT2D eigenvalue weighted by atomic mass is 10.2. The number of amides is 1. The molecule has 0 unspecified atom stereocenters. The quantitative estimate of drug-likeness (QED) is 0.499. The molecule has 4 rings (SSSR count). The molecule has 0 bridgehead atoms. The summed E-state index contributed by atoms with van der Waals surface area (Å²) in [5, 5.41) is 4.85. The van der Waals surface area contributed by atoms with E-state index >= 15 is 0 Å². The number of anilines is 1. The lowest BCUT2D eigenvalue weighted by Gasteiger charge is -2.10. The van der Waals surface area contributed by atoms with E-state index in [1.165, 1.54) is 22.2 Å². The van der Waals surface area contributed by atoms with Gasteiger partial charge in [0.2, 0.25) is 5.91 Å². The highest BCUT2D eigenvalue weighted by Gasteiger charge is 2.16. The summed E-state index contributed by atoms with van der Waals surface area (Å²) in [6, 6.07) is 5.47. The number of nitrogens with zero attached hydrogens (tertiary/aromatic N) is 2. The van der Waals surface area contributed by atoms with Crippen LogP contribution >= 0.6 is 23.1 Å². The fourth-order valence-corrected chi connectivity index (χ4v) is 5.06. The zero-order valence-electron chi connectivity index (χ0n) is 16.0. The Labute approximate surface area is 171 Å². The van der Waals surface area contributed by atoms with E-state index in [4.69, 9.17) is 9.47 Å². The third-order valence-corrected chi connectivity index (χ3v) is 6.56. The number of carbonyl (C=O) groups is 1. The number of benzene rings is 1. The molecule has 146 valence electrons. The van der Waals surface area contributed by atoms with E-state index < -0.39 is 0 Å². The Morgan fingerprint density at radius 2 is 1.96 bits per heavy atom. The van der Waals surface area contributed by atoms with Crippen molar-refractivity contribution in [3.8, 4) is 11.5 Å². The second kappa shape index (κ2) is 7.97. The van der Waals surface area contributed by atoms with Crippen LogP contribution in [0.15, 0.2) is 23.2 Å². The summed E-state index contributed by atoms with van der Waals surface area (Å²) in [5.41, 5.74) is 1.88. The number of aryl methyl sites for hydroxylation is 3. The lowest BCUT2D eigenvalue weighted by molar-refractivity contribution is -0.113. The van der Waals surface area contributed by atoms with Gasteiger partial charge in [-0.25, -0.2) is 9.97 Å². The van der Waals surface area contributed by atoms with Crippen LogP contribution in [0.2, 0.25) is 0 Å². The molecule has 1 aliphatic rings. The summed E-state index contributed by atoms with van der Waals surface area (Å²) in [7, 11) is 0. The highest BCUT2D eigenvalue weighted by atomic mass is 32.2. The first-order valence-corrected chi connectivity index (χ1v) is 10.9. The average molecular weight is 416 g/mol. The first kappa shape index (κ1) is 19.0. The SMILES string of the molecule is Cc1nc(SCC(=O)Nc2ccc3c(c2)OCCCO3)c2c(C)c(C)sc2n1. The van der Waals surface area contributed by atoms with Gasteiger partial charge in [0.05, 0.1) is 19.0 Å². The molecule has 8 heteroatoms. The van der Waals surface area contributed by atoms with E-state index in [0.717, 1.165) is 27.5 Å². The van der Waals surface area contributed by atoms with Gasteiger partial charge in [-0.2, -0.15) is 0 Å². The van der Waals surface area contributed by atoms with Crippen molar-refractivity contribution in [3.05, 3.63) is 34.5 Å². The number of nitrogens with one attached hydrogen (secondary N) is 1. The standard InChI is InChI=1S/C20H21N3O3S2/c1-11-12(2)28-20-18(11)19(21-13(3)22-20)27-10-17(24)23-14-5-6-15-16(9-14)26-8-4-7-25-15/h5-6,9H,4,7-8,10H2,1-3H3,(H,23,24). The zero-order valence-corrected chi connectivity index (χ0v) is 17.6. The van der Waals surface area contributed by atoms with Crippen LogP contribution < -0.4 is 14.8 Å². The normalized spacial score (nSPS) is 13.4. The number of fused-ring (bicyclic) bond motifs is 2. The number of aromatic nitrogens is 2. The molecule has 1 N–H and O–H groups in total. The van der Waals surface area contributed by atoms with E-state index in [1.54, 1.807) is 11.3 Å². The molecule has 0 aliphatic carbocycles. The van der Waals surface area contributed by atoms with Crippen LogP contribution in [0.4, 0.5) is 5.69 Å². The smallest absolute Gasteiger partial charge is 0.234 e. The van der Waals surface area contributed by atoms with Crippen molar-refractivity contribution in [1.29, 1.82) is 0 Å². The monoisotopic (exact) mass is 415 g/mol. The molecule has 0 saturated heterocycles. The number of hydrogen-bond acceptors (Lipinski definition) is 7. The summed E-state index contributed by atoms with van der Waals surface area (Å²) >= 11 is 3.11. The predicted octanol–water partition coefficient (Wildman–Crippen LogP) is 4.51.